The van der Waals surface area contributed by atoms with Gasteiger partial charge in [0.05, 0.1) is 119 Å². The Morgan fingerprint density at radius 3 is 1.05 bits per heavy atom. The maximum absolute atomic E-state index is 13.6. The van der Waals surface area contributed by atoms with Crippen LogP contribution in [0.3, 0.4) is 0 Å². The van der Waals surface area contributed by atoms with Crippen molar-refractivity contribution >= 4 is 115 Å². The summed E-state index contributed by atoms with van der Waals surface area (Å²) in [7, 11) is -5.79. The number of nitrogens with one attached hydrogen (secondary N) is 1. The third-order valence-electron chi connectivity index (χ3n) is 22.0. The summed E-state index contributed by atoms with van der Waals surface area (Å²) in [5, 5.41) is 77.7. The van der Waals surface area contributed by atoms with E-state index in [-0.39, 0.29) is 164 Å². The Morgan fingerprint density at radius 1 is 0.432 bits per heavy atom. The van der Waals surface area contributed by atoms with Crippen molar-refractivity contribution in [3.63, 3.8) is 0 Å². The van der Waals surface area contributed by atoms with E-state index in [9.17, 15) is 54.0 Å². The Hall–Kier alpha value is -8.28. The fourth-order valence-corrected chi connectivity index (χ4v) is 18.2. The molecule has 11 rings (SSSR count). The molecule has 0 aliphatic carbocycles. The summed E-state index contributed by atoms with van der Waals surface area (Å²) in [6.07, 6.45) is 8.06. The summed E-state index contributed by atoms with van der Waals surface area (Å²) >= 11 is 7.16. The molecule has 8 heterocycles. The highest BCUT2D eigenvalue weighted by Crippen LogP contribution is 2.40. The number of aldehydes is 3. The number of aliphatic hydroxyl groups excluding tert-OH is 3. The van der Waals surface area contributed by atoms with Gasteiger partial charge >= 0.3 is 5.97 Å². The second-order valence-electron chi connectivity index (χ2n) is 33.4. The van der Waals surface area contributed by atoms with Gasteiger partial charge in [-0.15, -0.1) is 0 Å². The molecule has 3 amide bonds. The maximum Gasteiger partial charge on any atom is 0.337 e. The first kappa shape index (κ1) is 111. The van der Waals surface area contributed by atoms with E-state index in [1.807, 2.05) is 22.7 Å². The van der Waals surface area contributed by atoms with Crippen LogP contribution in [0.2, 0.25) is 54.4 Å². The number of carboxylic acid groups (broad SMARTS) is 1. The lowest BCUT2D eigenvalue weighted by Gasteiger charge is -2.37. The number of phenolic OH excluding ortho intramolecular Hbond substituents is 4. The van der Waals surface area contributed by atoms with Crippen molar-refractivity contribution in [1.29, 1.82) is 0 Å². The largest absolute Gasteiger partial charge is 0.507 e. The maximum atomic E-state index is 13.6. The lowest BCUT2D eigenvalue weighted by atomic mass is 10.1. The number of phenols is 4. The second kappa shape index (κ2) is 52.9. The molecule has 125 heavy (non-hydrogen) atoms. The third kappa shape index (κ3) is 32.8. The van der Waals surface area contributed by atoms with Crippen LogP contribution >= 0.6 is 47.0 Å². The first-order valence-electron chi connectivity index (χ1n) is 40.2. The first-order valence-corrected chi connectivity index (χ1v) is 53.5. The summed E-state index contributed by atoms with van der Waals surface area (Å²) < 4.78 is 30.2. The number of thioether (sulfide) groups is 4. The number of ether oxygens (including phenoxy) is 2. The normalized spacial score (nSPS) is 16.5. The summed E-state index contributed by atoms with van der Waals surface area (Å²) in [4.78, 5) is 106. The molecule has 4 saturated heterocycles. The zero-order valence-electron chi connectivity index (χ0n) is 72.5. The Morgan fingerprint density at radius 2 is 0.744 bits per heavy atom. The molecule has 4 aliphatic rings. The van der Waals surface area contributed by atoms with Gasteiger partial charge in [0.25, 0.3) is 17.7 Å². The minimum Gasteiger partial charge on any atom is -0.507 e. The van der Waals surface area contributed by atoms with E-state index in [1.165, 1.54) is 42.3 Å². The van der Waals surface area contributed by atoms with Gasteiger partial charge in [-0.05, 0) is 139 Å². The predicted octanol–water partition coefficient (Wildman–Crippen LogP) is 15.4. The zero-order chi connectivity index (χ0) is 90.2. The van der Waals surface area contributed by atoms with Crippen LogP contribution in [0.5, 0.6) is 34.5 Å². The number of aromatic nitrogens is 4. The number of amides is 3. The van der Waals surface area contributed by atoms with Crippen LogP contribution in [-0.4, -0.2) is 266 Å². The minimum atomic E-state index is -2.00. The Bertz CT molecular complexity index is 4530. The molecule has 4 atom stereocenters. The molecule has 690 valence electrons. The lowest BCUT2D eigenvalue weighted by molar-refractivity contribution is 0.0625. The number of carboxylic acids is 1. The van der Waals surface area contributed by atoms with E-state index in [2.05, 4.69) is 127 Å². The Balaban J connectivity index is 0.000000405. The number of aliphatic hydroxyl groups is 3. The second-order valence-corrected chi connectivity index (χ2v) is 52.5. The average Bonchev–Trinajstić information content (AvgIpc) is 0.815. The number of carbonyl (C=O) groups is 7. The van der Waals surface area contributed by atoms with Gasteiger partial charge in [-0.25, -0.2) is 4.79 Å². The van der Waals surface area contributed by atoms with Gasteiger partial charge in [0.15, 0.2) is 43.8 Å². The SMILES string of the molecule is C.C.C.CC(C)(C)[Si](C)(C)OCc1ncccc1C(=O)N1CCSC[C@H]1CO.CC(C)(C)[Si](C)(C)OCc1ncccc1C(=O)N1CCSC[C@H]1COc1cccc(O)c1C=O.CC(C)(C)[Si](C)(C)OCc1ncccc1C(=O)O.O=Cc1c(O)cccc1O.O=Cc1c(O)cccc1OC[C@@H]1CSCCN1C(=O)c1cccnc1CO.OC[C@@H]1CSCCN1. The highest BCUT2D eigenvalue weighted by molar-refractivity contribution is 8.00. The molecule has 0 bridgehead atoms. The Labute approximate surface area is 759 Å². The number of hydrogen-bond donors (Lipinski definition) is 9. The van der Waals surface area contributed by atoms with Gasteiger partial charge in [-0.3, -0.25) is 48.7 Å². The number of aromatic carboxylic acids is 1. The van der Waals surface area contributed by atoms with E-state index >= 15 is 0 Å². The number of rotatable bonds is 25. The quantitative estimate of drug-likeness (QED) is 0.0190. The fraction of sp³-hybridized carbons (Fsp3) is 0.500. The van der Waals surface area contributed by atoms with E-state index in [1.54, 1.807) is 130 Å². The summed E-state index contributed by atoms with van der Waals surface area (Å²) in [6, 6.07) is 27.0. The number of benzene rings is 3. The summed E-state index contributed by atoms with van der Waals surface area (Å²) in [5.74, 6) is 5.60. The van der Waals surface area contributed by atoms with Crippen molar-refractivity contribution in [2.75, 3.05) is 98.6 Å². The van der Waals surface area contributed by atoms with Crippen LogP contribution in [0.1, 0.15) is 180 Å². The van der Waals surface area contributed by atoms with E-state index < -0.39 is 30.9 Å². The van der Waals surface area contributed by atoms with Crippen molar-refractivity contribution in [2.45, 2.75) is 190 Å². The lowest BCUT2D eigenvalue weighted by Crippen LogP contribution is -2.49. The van der Waals surface area contributed by atoms with Crippen LogP contribution in [0.4, 0.5) is 0 Å². The number of pyridine rings is 4. The van der Waals surface area contributed by atoms with Gasteiger partial charge in [0.2, 0.25) is 0 Å². The highest BCUT2D eigenvalue weighted by atomic mass is 32.2. The van der Waals surface area contributed by atoms with E-state index in [0.29, 0.717) is 109 Å². The summed E-state index contributed by atoms with van der Waals surface area (Å²) in [6.45, 7) is 36.8. The molecule has 35 heteroatoms. The molecule has 0 spiro atoms. The van der Waals surface area contributed by atoms with Crippen LogP contribution in [0, 0.1) is 0 Å². The van der Waals surface area contributed by atoms with Gasteiger partial charge in [-0.2, -0.15) is 47.0 Å². The minimum absolute atomic E-state index is 0. The third-order valence-corrected chi connectivity index (χ3v) is 39.9. The fourth-order valence-electron chi connectivity index (χ4n) is 11.4. The molecule has 28 nitrogen and oxygen atoms in total. The van der Waals surface area contributed by atoms with Crippen LogP contribution in [0.15, 0.2) is 128 Å². The molecule has 3 aromatic carbocycles. The average molecular weight is 1860 g/mol. The van der Waals surface area contributed by atoms with Crippen molar-refractivity contribution in [2.24, 2.45) is 0 Å². The smallest absolute Gasteiger partial charge is 0.337 e. The number of nitrogens with zero attached hydrogens (tertiary/aromatic N) is 7. The van der Waals surface area contributed by atoms with Crippen LogP contribution in [-0.2, 0) is 39.7 Å². The molecular formula is C90H134N8O20S4Si3. The Kier molecular flexibility index (Phi) is 46.9. The monoisotopic (exact) mass is 1860 g/mol. The van der Waals surface area contributed by atoms with Gasteiger partial charge in [-0.1, -0.05) is 103 Å². The molecular weight excluding hydrogens is 1730 g/mol. The van der Waals surface area contributed by atoms with E-state index in [0.717, 1.165) is 41.1 Å². The van der Waals surface area contributed by atoms with Crippen molar-refractivity contribution in [1.82, 2.24) is 40.0 Å². The molecule has 0 radical (unpaired) electrons. The first-order chi connectivity index (χ1) is 57.7. The number of aromatic hydroxyl groups is 4. The van der Waals surface area contributed by atoms with Gasteiger partial charge in [0.1, 0.15) is 47.7 Å². The van der Waals surface area contributed by atoms with E-state index in [4.69, 9.17) is 43.2 Å². The molecule has 4 aliphatic heterocycles. The summed E-state index contributed by atoms with van der Waals surface area (Å²) in [5.41, 5.74) is 4.04. The van der Waals surface area contributed by atoms with Gasteiger partial charge < -0.3 is 83.6 Å². The zero-order valence-corrected chi connectivity index (χ0v) is 78.8. The van der Waals surface area contributed by atoms with Gasteiger partial charge in [0, 0.05) is 103 Å². The highest BCUT2D eigenvalue weighted by Gasteiger charge is 2.41. The number of hydrogen-bond acceptors (Lipinski definition) is 28. The molecule has 4 fully saturated rings. The van der Waals surface area contributed by atoms with Crippen LogP contribution in [0.25, 0.3) is 0 Å². The molecule has 0 unspecified atom stereocenters. The van der Waals surface area contributed by atoms with Crippen molar-refractivity contribution in [3.05, 3.63) is 190 Å². The standard InChI is InChI=1S/C25H34N2O5SSi.C19H20N2O5S.C18H30N2O3SSi.C13H21NO3Si.C7H6O3.C5H11NOS.3CH4/c1-25(2,3)34(4,5)32-16-21-19(8-7-11-26-21)24(30)27-12-13-33-17-18(27)15-31-23-10-6-9-22(29)20(23)14-28;22-9-15-17(24)4-1-5-18(15)26-11-13-12-27-8-7-21(13)19(25)14-3-2-6-20-16(14)10-23;1-18(2,3)25(4,5)23-12-16-15(7-6-8-19-16)17(22)20-9-10-24-13-14(20)11-21;1-13(2,3)18(4,5)17-9-11-10(12(15)16)7-6-8-14-11;8-4-5-6(9)2-1-3-7(5)10;7-3-5-4-8-2-1-6-5;;;/h6-11,14,18,29H,12-13,15-17H2,1-5H3;1-6,9,13,23-24H,7-8,10-12H2;6-8,14,21H,9-13H2,1-5H3;6-8H,9H2,1-5H3,(H,15,16);1-4,9-10H;5-7H,1-4H2;3*1H4/t18-;13-;14-;;;5-;;;/m111..1.../s1. The molecule has 9 N–H and O–H groups in total. The van der Waals surface area contributed by atoms with Crippen LogP contribution < -0.4 is 14.8 Å². The molecule has 0 saturated carbocycles. The topological polar surface area (TPSA) is 401 Å². The van der Waals surface area contributed by atoms with Crippen molar-refractivity contribution in [3.8, 4) is 34.5 Å². The molecule has 4 aromatic heterocycles. The predicted molar refractivity (Wildman–Crippen MR) is 509 cm³/mol. The molecule has 7 aromatic rings. The number of carbonyl (C=O) groups excluding carboxylic acids is 6. The van der Waals surface area contributed by atoms with Crippen molar-refractivity contribution < 1.29 is 97.2 Å².